The SMILES string of the molecule is COc1ccc2c(c1F)C(=O)N(CC1(c3cc4nc(C5=CCNCC5)c(F)cc4o3)NC(=O)N(COCC[Si](C)(C)C)C1=O)C2. The van der Waals surface area contributed by atoms with Crippen molar-refractivity contribution in [2.24, 2.45) is 0 Å². The number of rotatable bonds is 10. The van der Waals surface area contributed by atoms with Crippen LogP contribution in [0.2, 0.25) is 25.7 Å². The van der Waals surface area contributed by atoms with Crippen LogP contribution in [0.5, 0.6) is 5.75 Å². The van der Waals surface area contributed by atoms with Crippen LogP contribution in [0.4, 0.5) is 13.6 Å². The molecule has 0 saturated carbocycles. The Morgan fingerprint density at radius 2 is 1.96 bits per heavy atom. The lowest BCUT2D eigenvalue weighted by Crippen LogP contribution is -2.52. The first-order valence-electron chi connectivity index (χ1n) is 14.8. The summed E-state index contributed by atoms with van der Waals surface area (Å²) in [5.74, 6) is -2.91. The maximum atomic E-state index is 15.2. The van der Waals surface area contributed by atoms with E-state index in [0.717, 1.165) is 16.5 Å². The zero-order valence-electron chi connectivity index (χ0n) is 25.6. The Kier molecular flexibility index (Phi) is 7.99. The Hall–Kier alpha value is -4.14. The number of aromatic nitrogens is 1. The molecule has 14 heteroatoms. The van der Waals surface area contributed by atoms with Crippen LogP contribution in [0.3, 0.4) is 0 Å². The zero-order valence-corrected chi connectivity index (χ0v) is 26.6. The number of urea groups is 1. The van der Waals surface area contributed by atoms with Gasteiger partial charge in [-0.3, -0.25) is 9.59 Å². The standard InChI is InChI=1S/C31H35F2N5O6Si/c1-42-22-6-5-19-15-37(28(39)25(19)26(22)33)16-31(29(40)38(30(41)36-31)17-43-11-12-45(2,3)4)24-14-21-23(44-24)13-20(32)27(35-21)18-7-9-34-10-8-18/h5-7,13-14,34H,8-12,15-17H2,1-4H3,(H,36,41). The molecule has 3 aliphatic rings. The predicted molar refractivity (Wildman–Crippen MR) is 163 cm³/mol. The van der Waals surface area contributed by atoms with E-state index in [1.165, 1.54) is 30.2 Å². The summed E-state index contributed by atoms with van der Waals surface area (Å²) in [6.45, 7) is 7.47. The number of hydrogen-bond acceptors (Lipinski definition) is 8. The zero-order chi connectivity index (χ0) is 32.1. The summed E-state index contributed by atoms with van der Waals surface area (Å²) >= 11 is 0. The number of carbonyl (C=O) groups excluding carboxylic acids is 3. The number of amides is 4. The van der Waals surface area contributed by atoms with Gasteiger partial charge in [0, 0.05) is 39.9 Å². The molecule has 4 amide bonds. The summed E-state index contributed by atoms with van der Waals surface area (Å²) in [7, 11) is -0.137. The molecule has 1 aromatic carbocycles. The van der Waals surface area contributed by atoms with Crippen LogP contribution < -0.4 is 15.4 Å². The Morgan fingerprint density at radius 1 is 1.16 bits per heavy atom. The molecule has 1 atom stereocenters. The summed E-state index contributed by atoms with van der Waals surface area (Å²) in [5, 5.41) is 5.91. The largest absolute Gasteiger partial charge is 0.494 e. The number of furan rings is 1. The smallest absolute Gasteiger partial charge is 0.327 e. The van der Waals surface area contributed by atoms with Crippen molar-refractivity contribution in [3.05, 3.63) is 64.6 Å². The van der Waals surface area contributed by atoms with Gasteiger partial charge in [-0.05, 0) is 36.2 Å². The van der Waals surface area contributed by atoms with Crippen LogP contribution >= 0.6 is 0 Å². The number of halogens is 2. The topological polar surface area (TPSA) is 126 Å². The van der Waals surface area contributed by atoms with Crippen molar-refractivity contribution in [3.8, 4) is 5.75 Å². The van der Waals surface area contributed by atoms with Crippen molar-refractivity contribution in [2.75, 3.05) is 40.1 Å². The maximum absolute atomic E-state index is 15.2. The number of carbonyl (C=O) groups is 3. The van der Waals surface area contributed by atoms with E-state index in [1.807, 2.05) is 6.08 Å². The summed E-state index contributed by atoms with van der Waals surface area (Å²) in [5.41, 5.74) is -0.401. The van der Waals surface area contributed by atoms with Crippen LogP contribution in [0.1, 0.15) is 33.8 Å². The van der Waals surface area contributed by atoms with E-state index in [9.17, 15) is 14.4 Å². The van der Waals surface area contributed by atoms with E-state index in [0.29, 0.717) is 31.7 Å². The van der Waals surface area contributed by atoms with Gasteiger partial charge in [0.15, 0.2) is 28.5 Å². The van der Waals surface area contributed by atoms with Gasteiger partial charge >= 0.3 is 6.03 Å². The molecule has 0 radical (unpaired) electrons. The second kappa shape index (κ2) is 11.7. The van der Waals surface area contributed by atoms with E-state index in [-0.39, 0.29) is 53.7 Å². The van der Waals surface area contributed by atoms with Crippen molar-refractivity contribution in [1.29, 1.82) is 0 Å². The Morgan fingerprint density at radius 3 is 2.67 bits per heavy atom. The van der Waals surface area contributed by atoms with E-state index >= 15 is 8.78 Å². The maximum Gasteiger partial charge on any atom is 0.327 e. The minimum absolute atomic E-state index is 0.0217. The third-order valence-corrected chi connectivity index (χ3v) is 10.0. The third kappa shape index (κ3) is 5.62. The first-order valence-corrected chi connectivity index (χ1v) is 18.5. The van der Waals surface area contributed by atoms with E-state index in [4.69, 9.17) is 13.9 Å². The predicted octanol–water partition coefficient (Wildman–Crippen LogP) is 4.21. The molecule has 5 heterocycles. The van der Waals surface area contributed by atoms with Crippen molar-refractivity contribution < 1.29 is 37.1 Å². The van der Waals surface area contributed by atoms with Crippen molar-refractivity contribution >= 4 is 42.6 Å². The normalized spacial score (nSPS) is 20.2. The molecule has 0 spiro atoms. The summed E-state index contributed by atoms with van der Waals surface area (Å²) < 4.78 is 47.2. The minimum Gasteiger partial charge on any atom is -0.494 e. The molecular weight excluding hydrogens is 604 g/mol. The highest BCUT2D eigenvalue weighted by atomic mass is 28.3. The number of benzene rings is 1. The highest BCUT2D eigenvalue weighted by Crippen LogP contribution is 2.38. The Bertz CT molecular complexity index is 1740. The van der Waals surface area contributed by atoms with E-state index < -0.39 is 43.1 Å². The fourth-order valence-electron chi connectivity index (χ4n) is 5.81. The molecule has 1 saturated heterocycles. The molecule has 1 unspecified atom stereocenters. The van der Waals surface area contributed by atoms with Gasteiger partial charge in [0.25, 0.3) is 11.8 Å². The van der Waals surface area contributed by atoms with Gasteiger partial charge in [0.2, 0.25) is 0 Å². The third-order valence-electron chi connectivity index (χ3n) is 8.34. The van der Waals surface area contributed by atoms with E-state index in [2.05, 4.69) is 35.3 Å². The van der Waals surface area contributed by atoms with Crippen LogP contribution in [0.25, 0.3) is 16.7 Å². The number of imide groups is 1. The second-order valence-corrected chi connectivity index (χ2v) is 18.3. The molecule has 6 rings (SSSR count). The number of methoxy groups -OCH3 is 1. The number of hydrogen-bond donors (Lipinski definition) is 2. The van der Waals surface area contributed by atoms with Crippen LogP contribution in [-0.4, -0.2) is 80.8 Å². The number of pyridine rings is 1. The monoisotopic (exact) mass is 639 g/mol. The molecule has 238 valence electrons. The minimum atomic E-state index is -1.91. The first kappa shape index (κ1) is 30.9. The first-order chi connectivity index (χ1) is 21.4. The van der Waals surface area contributed by atoms with Gasteiger partial charge in [0.05, 0.1) is 19.2 Å². The number of fused-ring (bicyclic) bond motifs is 2. The highest BCUT2D eigenvalue weighted by Gasteiger charge is 2.57. The molecule has 3 aromatic rings. The molecule has 0 bridgehead atoms. The summed E-state index contributed by atoms with van der Waals surface area (Å²) in [6.07, 6.45) is 2.46. The van der Waals surface area contributed by atoms with Crippen molar-refractivity contribution in [3.63, 3.8) is 0 Å². The molecule has 1 fully saturated rings. The lowest BCUT2D eigenvalue weighted by molar-refractivity contribution is -0.136. The molecule has 0 aliphatic carbocycles. The van der Waals surface area contributed by atoms with Gasteiger partial charge in [-0.15, -0.1) is 0 Å². The van der Waals surface area contributed by atoms with Crippen LogP contribution in [0.15, 0.2) is 34.8 Å². The van der Waals surface area contributed by atoms with Crippen molar-refractivity contribution in [1.82, 2.24) is 25.4 Å². The summed E-state index contributed by atoms with van der Waals surface area (Å²) in [6, 6.07) is 5.77. The molecule has 2 aromatic heterocycles. The van der Waals surface area contributed by atoms with Gasteiger partial charge < -0.3 is 29.4 Å². The van der Waals surface area contributed by atoms with Gasteiger partial charge in [0.1, 0.15) is 23.7 Å². The Labute approximate surface area is 259 Å². The lowest BCUT2D eigenvalue weighted by atomic mass is 9.95. The van der Waals surface area contributed by atoms with Crippen molar-refractivity contribution in [2.45, 2.75) is 44.2 Å². The van der Waals surface area contributed by atoms with E-state index in [1.54, 1.807) is 6.07 Å². The average Bonchev–Trinajstić information content (AvgIpc) is 3.63. The van der Waals surface area contributed by atoms with Crippen LogP contribution in [0, 0.1) is 11.6 Å². The van der Waals surface area contributed by atoms with Gasteiger partial charge in [-0.1, -0.05) is 31.8 Å². The fourth-order valence-corrected chi connectivity index (χ4v) is 6.57. The molecule has 3 aliphatic heterocycles. The highest BCUT2D eigenvalue weighted by molar-refractivity contribution is 6.76. The molecule has 45 heavy (non-hydrogen) atoms. The number of ether oxygens (including phenoxy) is 2. The molecule has 11 nitrogen and oxygen atoms in total. The molecular formula is C31H35F2N5O6Si. The lowest BCUT2D eigenvalue weighted by Gasteiger charge is -2.29. The second-order valence-electron chi connectivity index (χ2n) is 12.7. The quantitative estimate of drug-likeness (QED) is 0.192. The molecule has 2 N–H and O–H groups in total. The average molecular weight is 640 g/mol. The van der Waals surface area contributed by atoms with Gasteiger partial charge in [-0.2, -0.15) is 0 Å². The Balaban J connectivity index is 1.37. The van der Waals surface area contributed by atoms with Gasteiger partial charge in [-0.25, -0.2) is 23.5 Å². The number of nitrogens with one attached hydrogen (secondary N) is 2. The summed E-state index contributed by atoms with van der Waals surface area (Å²) in [4.78, 5) is 47.7. The fraction of sp³-hybridized carbons (Fsp3) is 0.419. The number of nitrogens with zero attached hydrogens (tertiary/aromatic N) is 3. The van der Waals surface area contributed by atoms with Crippen LogP contribution in [-0.2, 0) is 21.6 Å².